The first-order valence-corrected chi connectivity index (χ1v) is 17.0. The van der Waals surface area contributed by atoms with Gasteiger partial charge in [-0.25, -0.2) is 0 Å². The molecule has 50 heavy (non-hydrogen) atoms. The van der Waals surface area contributed by atoms with Gasteiger partial charge in [0.15, 0.2) is 0 Å². The van der Waals surface area contributed by atoms with Crippen LogP contribution in [0.3, 0.4) is 0 Å². The van der Waals surface area contributed by atoms with Crippen LogP contribution in [0, 0.1) is 5.92 Å². The molecule has 0 spiro atoms. The van der Waals surface area contributed by atoms with Gasteiger partial charge in [-0.3, -0.25) is 28.8 Å². The predicted molar refractivity (Wildman–Crippen MR) is 182 cm³/mol. The summed E-state index contributed by atoms with van der Waals surface area (Å²) in [6.45, 7) is 1.23. The number of nitrogens with one attached hydrogen (secondary N) is 6. The number of rotatable bonds is 8. The molecule has 1 aromatic heterocycles. The van der Waals surface area contributed by atoms with Gasteiger partial charge in [0.25, 0.3) is 0 Å². The monoisotopic (exact) mass is 693 g/mol. The van der Waals surface area contributed by atoms with E-state index in [2.05, 4.69) is 31.9 Å². The van der Waals surface area contributed by atoms with Crippen molar-refractivity contribution >= 4 is 35.4 Å². The minimum Gasteiger partial charge on any atom is -0.469 e. The van der Waals surface area contributed by atoms with Gasteiger partial charge in [0.1, 0.15) is 17.8 Å². The van der Waals surface area contributed by atoms with E-state index in [9.17, 15) is 28.8 Å². The first-order valence-electron chi connectivity index (χ1n) is 17.0. The summed E-state index contributed by atoms with van der Waals surface area (Å²) in [5.74, 6) is -2.58. The van der Waals surface area contributed by atoms with Gasteiger partial charge >= 0.3 is 0 Å². The molecular formula is C35H47N7O8. The fourth-order valence-corrected chi connectivity index (χ4v) is 5.94. The molecule has 8 N–H and O–H groups in total. The molecule has 4 rings (SSSR count). The average Bonchev–Trinajstić information content (AvgIpc) is 3.62. The highest BCUT2D eigenvalue weighted by atomic mass is 16.5. The summed E-state index contributed by atoms with van der Waals surface area (Å²) in [5.41, 5.74) is 6.74. The van der Waals surface area contributed by atoms with Crippen LogP contribution >= 0.6 is 0 Å². The molecule has 2 aliphatic rings. The number of ether oxygens (including phenoxy) is 1. The lowest BCUT2D eigenvalue weighted by atomic mass is 9.85. The number of furan rings is 1. The van der Waals surface area contributed by atoms with Gasteiger partial charge in [0.2, 0.25) is 35.4 Å². The molecule has 2 bridgehead atoms. The van der Waals surface area contributed by atoms with Gasteiger partial charge in [-0.2, -0.15) is 0 Å². The van der Waals surface area contributed by atoms with Crippen molar-refractivity contribution in [3.8, 4) is 0 Å². The third-order valence-corrected chi connectivity index (χ3v) is 8.51. The Labute approximate surface area is 290 Å². The highest BCUT2D eigenvalue weighted by Gasteiger charge is 2.31. The van der Waals surface area contributed by atoms with Crippen LogP contribution in [0.15, 0.2) is 59.2 Å². The fraction of sp³-hybridized carbons (Fsp3) is 0.486. The molecule has 1 aliphatic heterocycles. The van der Waals surface area contributed by atoms with Crippen molar-refractivity contribution in [3.05, 3.63) is 71.7 Å². The van der Waals surface area contributed by atoms with E-state index in [0.717, 1.165) is 12.2 Å². The van der Waals surface area contributed by atoms with E-state index in [-0.39, 0.29) is 57.5 Å². The first-order chi connectivity index (χ1) is 24.2. The van der Waals surface area contributed by atoms with Crippen LogP contribution in [0.1, 0.15) is 49.0 Å². The van der Waals surface area contributed by atoms with Crippen LogP contribution in [-0.4, -0.2) is 86.4 Å². The summed E-state index contributed by atoms with van der Waals surface area (Å²) in [7, 11) is 0. The van der Waals surface area contributed by atoms with Gasteiger partial charge in [-0.15, -0.1) is 0 Å². The third kappa shape index (κ3) is 12.5. The van der Waals surface area contributed by atoms with Crippen LogP contribution in [-0.2, 0) is 52.9 Å². The molecule has 4 atom stereocenters. The third-order valence-electron chi connectivity index (χ3n) is 8.51. The summed E-state index contributed by atoms with van der Waals surface area (Å²) in [5, 5.41) is 16.8. The molecule has 0 radical (unpaired) electrons. The number of carbonyl (C=O) groups excluding carboxylic acids is 6. The van der Waals surface area contributed by atoms with Crippen LogP contribution in [0.5, 0.6) is 0 Å². The van der Waals surface area contributed by atoms with Crippen LogP contribution in [0.4, 0.5) is 0 Å². The quantitative estimate of drug-likeness (QED) is 0.177. The normalized spacial score (nSPS) is 23.6. The Bertz CT molecular complexity index is 1500. The van der Waals surface area contributed by atoms with Crippen molar-refractivity contribution in [1.29, 1.82) is 0 Å². The summed E-state index contributed by atoms with van der Waals surface area (Å²) < 4.78 is 10.8. The standard InChI is InChI=1S/C35H47N7O8/c36-13-17-49-18-15-38-34(47)28-12-14-37-30(43)10-11-31(44)40-26-8-3-7-24(19-26)33(46)42-29(21-27-9-4-16-50-27)35(48)39-22-25-6-2-1-5-23(25)20-32(45)41-28/h1-2,4-6,9-11,16,24,26,28-29H,3,7-8,12-15,17-22,36H2,(H,37,43)(H,38,47)(H,39,48)(H,40,44)(H,41,45)(H,42,46)/b11-10+/t24-,26-,28-,29?/m0/s1. The lowest BCUT2D eigenvalue weighted by Crippen LogP contribution is -2.51. The highest BCUT2D eigenvalue weighted by Crippen LogP contribution is 2.25. The minimum atomic E-state index is -0.983. The molecule has 1 saturated carbocycles. The van der Waals surface area contributed by atoms with Crippen molar-refractivity contribution in [2.45, 2.75) is 69.6 Å². The number of hydrogen-bond acceptors (Lipinski definition) is 9. The van der Waals surface area contributed by atoms with E-state index in [1.165, 1.54) is 6.26 Å². The minimum absolute atomic E-state index is 0.0358. The smallest absolute Gasteiger partial charge is 0.244 e. The summed E-state index contributed by atoms with van der Waals surface area (Å²) in [4.78, 5) is 78.4. The number of carbonyl (C=O) groups is 6. The largest absolute Gasteiger partial charge is 0.469 e. The molecule has 2 heterocycles. The lowest BCUT2D eigenvalue weighted by Gasteiger charge is -2.30. The molecule has 2 aromatic rings. The molecule has 270 valence electrons. The lowest BCUT2D eigenvalue weighted by molar-refractivity contribution is -0.132. The van der Waals surface area contributed by atoms with Gasteiger partial charge in [0.05, 0.1) is 25.9 Å². The molecule has 1 fully saturated rings. The van der Waals surface area contributed by atoms with Crippen LogP contribution < -0.4 is 37.6 Å². The Balaban J connectivity index is 1.53. The molecule has 6 amide bonds. The number of amides is 6. The van der Waals surface area contributed by atoms with E-state index in [4.69, 9.17) is 14.9 Å². The Hall–Kier alpha value is -5.02. The average molecular weight is 694 g/mol. The molecule has 15 nitrogen and oxygen atoms in total. The number of fused-ring (bicyclic) bond motifs is 3. The second kappa shape index (κ2) is 19.8. The number of nitrogens with two attached hydrogens (primary N) is 1. The van der Waals surface area contributed by atoms with Gasteiger partial charge < -0.3 is 46.8 Å². The number of benzene rings is 1. The van der Waals surface area contributed by atoms with Crippen molar-refractivity contribution in [2.75, 3.05) is 32.8 Å². The molecule has 1 unspecified atom stereocenters. The topological polar surface area (TPSA) is 223 Å². The first kappa shape index (κ1) is 37.8. The van der Waals surface area contributed by atoms with Gasteiger partial charge in [-0.1, -0.05) is 30.7 Å². The van der Waals surface area contributed by atoms with Crippen molar-refractivity contribution in [2.24, 2.45) is 11.7 Å². The second-order valence-electron chi connectivity index (χ2n) is 12.3. The van der Waals surface area contributed by atoms with Crippen LogP contribution in [0.25, 0.3) is 0 Å². The molecular weight excluding hydrogens is 646 g/mol. The van der Waals surface area contributed by atoms with Crippen molar-refractivity contribution in [1.82, 2.24) is 31.9 Å². The Kier molecular flexibility index (Phi) is 15.0. The molecule has 15 heteroatoms. The maximum atomic E-state index is 13.5. The zero-order valence-corrected chi connectivity index (χ0v) is 28.0. The van der Waals surface area contributed by atoms with E-state index in [1.54, 1.807) is 36.4 Å². The fourth-order valence-electron chi connectivity index (χ4n) is 5.94. The van der Waals surface area contributed by atoms with Gasteiger partial charge in [-0.05, 0) is 48.9 Å². The second-order valence-corrected chi connectivity index (χ2v) is 12.3. The molecule has 1 aliphatic carbocycles. The van der Waals surface area contributed by atoms with Crippen molar-refractivity contribution < 1.29 is 37.9 Å². The SMILES string of the molecule is NCCOCCNC(=O)[C@@H]1CCNC(=O)/C=C/C(=O)N[C@H]2CCC[C@@H](C2)C(=O)NC(Cc2ccco2)C(=O)NCc2ccccc2CC(=O)N1. The molecule has 0 saturated heterocycles. The van der Waals surface area contributed by atoms with E-state index in [0.29, 0.717) is 55.7 Å². The zero-order valence-electron chi connectivity index (χ0n) is 28.0. The predicted octanol–water partition coefficient (Wildman–Crippen LogP) is -0.507. The van der Waals surface area contributed by atoms with E-state index >= 15 is 0 Å². The number of hydrogen-bond donors (Lipinski definition) is 7. The van der Waals surface area contributed by atoms with Crippen LogP contribution in [0.2, 0.25) is 0 Å². The van der Waals surface area contributed by atoms with Crippen molar-refractivity contribution in [3.63, 3.8) is 0 Å². The summed E-state index contributed by atoms with van der Waals surface area (Å²) in [6, 6.07) is 8.31. The molecule has 1 aromatic carbocycles. The Morgan fingerprint density at radius 3 is 2.46 bits per heavy atom. The Morgan fingerprint density at radius 1 is 0.880 bits per heavy atom. The Morgan fingerprint density at radius 2 is 1.68 bits per heavy atom. The maximum absolute atomic E-state index is 13.5. The highest BCUT2D eigenvalue weighted by molar-refractivity contribution is 5.97. The van der Waals surface area contributed by atoms with E-state index < -0.39 is 47.5 Å². The maximum Gasteiger partial charge on any atom is 0.244 e. The zero-order chi connectivity index (χ0) is 35.7. The summed E-state index contributed by atoms with van der Waals surface area (Å²) >= 11 is 0. The van der Waals surface area contributed by atoms with E-state index in [1.807, 2.05) is 0 Å². The summed E-state index contributed by atoms with van der Waals surface area (Å²) in [6.07, 6.45) is 6.15. The van der Waals surface area contributed by atoms with Gasteiger partial charge in [0, 0.05) is 56.7 Å².